The summed E-state index contributed by atoms with van der Waals surface area (Å²) in [6, 6.07) is 19.6. The zero-order valence-electron chi connectivity index (χ0n) is 14.6. The second kappa shape index (κ2) is 7.21. The first-order chi connectivity index (χ1) is 13.1. The standard InChI is InChI=1S/C22H17NO3S/c1-26-18-9-8-15-10-14(6-7-16(15)12-18)11-17(13-21(24)25)22-23-19-4-2-3-5-20(19)27-22/h2-12H,13H2,1H3,(H,24,25)/p-1/b17-11+. The van der Waals surface area contributed by atoms with E-state index in [9.17, 15) is 9.90 Å². The number of rotatable bonds is 5. The van der Waals surface area contributed by atoms with Crippen LogP contribution in [0.1, 0.15) is 17.0 Å². The van der Waals surface area contributed by atoms with E-state index in [1.807, 2.05) is 66.7 Å². The Balaban J connectivity index is 1.78. The second-order valence-corrected chi connectivity index (χ2v) is 7.21. The largest absolute Gasteiger partial charge is 0.550 e. The van der Waals surface area contributed by atoms with Gasteiger partial charge in [-0.25, -0.2) is 4.98 Å². The summed E-state index contributed by atoms with van der Waals surface area (Å²) in [6.07, 6.45) is 1.69. The zero-order valence-corrected chi connectivity index (χ0v) is 15.5. The summed E-state index contributed by atoms with van der Waals surface area (Å²) in [4.78, 5) is 15.9. The van der Waals surface area contributed by atoms with Crippen LogP contribution < -0.4 is 9.84 Å². The number of para-hydroxylation sites is 1. The van der Waals surface area contributed by atoms with Crippen molar-refractivity contribution in [3.05, 3.63) is 71.2 Å². The van der Waals surface area contributed by atoms with E-state index in [1.165, 1.54) is 11.3 Å². The third-order valence-electron chi connectivity index (χ3n) is 4.32. The second-order valence-electron chi connectivity index (χ2n) is 6.18. The Morgan fingerprint density at radius 1 is 1.11 bits per heavy atom. The fraction of sp³-hybridized carbons (Fsp3) is 0.0909. The molecule has 0 N–H and O–H groups in total. The molecule has 4 aromatic rings. The predicted octanol–water partition coefficient (Wildman–Crippen LogP) is 4.14. The Hall–Kier alpha value is -3.18. The van der Waals surface area contributed by atoms with E-state index >= 15 is 0 Å². The molecule has 0 radical (unpaired) electrons. The first-order valence-corrected chi connectivity index (χ1v) is 9.28. The number of hydrogen-bond donors (Lipinski definition) is 0. The Bertz CT molecular complexity index is 1140. The Kier molecular flexibility index (Phi) is 4.60. The van der Waals surface area contributed by atoms with Crippen molar-refractivity contribution in [3.8, 4) is 5.75 Å². The molecular formula is C22H16NO3S-. The van der Waals surface area contributed by atoms with Gasteiger partial charge < -0.3 is 14.6 Å². The van der Waals surface area contributed by atoms with Crippen LogP contribution in [0.2, 0.25) is 0 Å². The summed E-state index contributed by atoms with van der Waals surface area (Å²) in [5, 5.41) is 14.1. The van der Waals surface area contributed by atoms with Gasteiger partial charge in [0.05, 0.1) is 17.3 Å². The first-order valence-electron chi connectivity index (χ1n) is 8.46. The molecule has 0 fully saturated rings. The van der Waals surface area contributed by atoms with Gasteiger partial charge in [-0.1, -0.05) is 30.3 Å². The fourth-order valence-corrected chi connectivity index (χ4v) is 3.99. The van der Waals surface area contributed by atoms with Crippen molar-refractivity contribution in [2.24, 2.45) is 0 Å². The minimum absolute atomic E-state index is 0.180. The molecule has 0 aliphatic heterocycles. The summed E-state index contributed by atoms with van der Waals surface area (Å²) in [5.41, 5.74) is 2.43. The summed E-state index contributed by atoms with van der Waals surface area (Å²) in [7, 11) is 1.64. The number of aromatic nitrogens is 1. The van der Waals surface area contributed by atoms with E-state index in [-0.39, 0.29) is 6.42 Å². The van der Waals surface area contributed by atoms with Crippen molar-refractivity contribution >= 4 is 49.9 Å². The Morgan fingerprint density at radius 3 is 2.67 bits per heavy atom. The van der Waals surface area contributed by atoms with Crippen LogP contribution >= 0.6 is 11.3 Å². The molecule has 3 aromatic carbocycles. The van der Waals surface area contributed by atoms with Crippen LogP contribution in [0.5, 0.6) is 5.75 Å². The number of carbonyl (C=O) groups excluding carboxylic acids is 1. The molecule has 0 amide bonds. The molecule has 134 valence electrons. The molecule has 0 aliphatic carbocycles. The van der Waals surface area contributed by atoms with Gasteiger partial charge in [-0.05, 0) is 58.3 Å². The molecule has 27 heavy (non-hydrogen) atoms. The van der Waals surface area contributed by atoms with Crippen LogP contribution in [0.25, 0.3) is 32.6 Å². The molecule has 5 heteroatoms. The van der Waals surface area contributed by atoms with E-state index in [2.05, 4.69) is 4.98 Å². The van der Waals surface area contributed by atoms with Crippen LogP contribution in [0, 0.1) is 0 Å². The number of hydrogen-bond acceptors (Lipinski definition) is 5. The van der Waals surface area contributed by atoms with Gasteiger partial charge in [-0.2, -0.15) is 0 Å². The van der Waals surface area contributed by atoms with Crippen LogP contribution in [-0.4, -0.2) is 18.1 Å². The number of carboxylic acid groups (broad SMARTS) is 1. The minimum atomic E-state index is -1.12. The number of benzene rings is 3. The minimum Gasteiger partial charge on any atom is -0.550 e. The van der Waals surface area contributed by atoms with Gasteiger partial charge in [0.25, 0.3) is 0 Å². The van der Waals surface area contributed by atoms with Crippen molar-refractivity contribution in [1.29, 1.82) is 0 Å². The van der Waals surface area contributed by atoms with Crippen LogP contribution in [-0.2, 0) is 4.79 Å². The average molecular weight is 374 g/mol. The maximum Gasteiger partial charge on any atom is 0.120 e. The fourth-order valence-electron chi connectivity index (χ4n) is 3.01. The maximum atomic E-state index is 11.3. The number of aliphatic carboxylic acids is 1. The lowest BCUT2D eigenvalue weighted by Crippen LogP contribution is -2.22. The summed E-state index contributed by atoms with van der Waals surface area (Å²) < 4.78 is 6.29. The van der Waals surface area contributed by atoms with Crippen molar-refractivity contribution in [2.75, 3.05) is 7.11 Å². The smallest absolute Gasteiger partial charge is 0.120 e. The molecule has 0 bridgehead atoms. The van der Waals surface area contributed by atoms with E-state index in [0.29, 0.717) is 10.6 Å². The molecule has 0 saturated carbocycles. The van der Waals surface area contributed by atoms with Crippen molar-refractivity contribution in [1.82, 2.24) is 4.98 Å². The highest BCUT2D eigenvalue weighted by Crippen LogP contribution is 2.31. The molecule has 0 unspecified atom stereocenters. The van der Waals surface area contributed by atoms with Gasteiger partial charge in [0.1, 0.15) is 10.8 Å². The molecule has 0 atom stereocenters. The Morgan fingerprint density at radius 2 is 1.89 bits per heavy atom. The zero-order chi connectivity index (χ0) is 18.8. The lowest BCUT2D eigenvalue weighted by Gasteiger charge is -2.07. The van der Waals surface area contributed by atoms with Crippen LogP contribution in [0.15, 0.2) is 60.7 Å². The number of ether oxygens (including phenoxy) is 1. The Labute approximate surface area is 160 Å². The van der Waals surface area contributed by atoms with Gasteiger partial charge in [-0.3, -0.25) is 0 Å². The highest BCUT2D eigenvalue weighted by molar-refractivity contribution is 7.19. The first kappa shape index (κ1) is 17.2. The van der Waals surface area contributed by atoms with Crippen LogP contribution in [0.4, 0.5) is 0 Å². The quantitative estimate of drug-likeness (QED) is 0.527. The van der Waals surface area contributed by atoms with Crippen LogP contribution in [0.3, 0.4) is 0 Å². The number of fused-ring (bicyclic) bond motifs is 2. The lowest BCUT2D eigenvalue weighted by molar-refractivity contribution is -0.304. The molecule has 0 spiro atoms. The SMILES string of the molecule is COc1ccc2cc(/C=C(\CC(=O)[O-])c3nc4ccccc4s3)ccc2c1. The summed E-state index contributed by atoms with van der Waals surface area (Å²) >= 11 is 1.49. The van der Waals surface area contributed by atoms with Gasteiger partial charge in [0.15, 0.2) is 0 Å². The molecule has 4 nitrogen and oxygen atoms in total. The maximum absolute atomic E-state index is 11.3. The van der Waals surface area contributed by atoms with Gasteiger partial charge >= 0.3 is 0 Å². The third kappa shape index (κ3) is 3.68. The van der Waals surface area contributed by atoms with Gasteiger partial charge in [0.2, 0.25) is 0 Å². The van der Waals surface area contributed by atoms with Crippen molar-refractivity contribution in [2.45, 2.75) is 6.42 Å². The average Bonchev–Trinajstić information content (AvgIpc) is 3.11. The van der Waals surface area contributed by atoms with E-state index in [0.717, 1.165) is 32.3 Å². The van der Waals surface area contributed by atoms with E-state index < -0.39 is 5.97 Å². The third-order valence-corrected chi connectivity index (χ3v) is 5.43. The molecule has 0 aliphatic rings. The van der Waals surface area contributed by atoms with Crippen molar-refractivity contribution < 1.29 is 14.6 Å². The summed E-state index contributed by atoms with van der Waals surface area (Å²) in [6.45, 7) is 0. The number of carboxylic acids is 1. The lowest BCUT2D eigenvalue weighted by atomic mass is 10.0. The van der Waals surface area contributed by atoms with E-state index in [4.69, 9.17) is 4.74 Å². The summed E-state index contributed by atoms with van der Waals surface area (Å²) in [5.74, 6) is -0.316. The highest BCUT2D eigenvalue weighted by atomic mass is 32.1. The van der Waals surface area contributed by atoms with Gasteiger partial charge in [-0.15, -0.1) is 11.3 Å². The van der Waals surface area contributed by atoms with Gasteiger partial charge in [0, 0.05) is 12.4 Å². The molecule has 0 saturated heterocycles. The van der Waals surface area contributed by atoms with E-state index in [1.54, 1.807) is 7.11 Å². The molecule has 1 aromatic heterocycles. The normalized spacial score (nSPS) is 11.8. The molecule has 4 rings (SSSR count). The van der Waals surface area contributed by atoms with Crippen molar-refractivity contribution in [3.63, 3.8) is 0 Å². The molecular weight excluding hydrogens is 358 g/mol. The number of nitrogens with zero attached hydrogens (tertiary/aromatic N) is 1. The molecule has 1 heterocycles. The predicted molar refractivity (Wildman–Crippen MR) is 108 cm³/mol. The highest BCUT2D eigenvalue weighted by Gasteiger charge is 2.10. The topological polar surface area (TPSA) is 62.2 Å². The number of methoxy groups -OCH3 is 1. The number of thiazole rings is 1. The number of carbonyl (C=O) groups is 1. The monoisotopic (exact) mass is 374 g/mol.